The van der Waals surface area contributed by atoms with E-state index in [0.29, 0.717) is 0 Å². The molecule has 0 radical (unpaired) electrons. The van der Waals surface area contributed by atoms with Gasteiger partial charge in [0.05, 0.1) is 0 Å². The SMILES string of the molecule is CNC(CCC(=O)O)C(=O)ON. The molecule has 12 heavy (non-hydrogen) atoms. The highest BCUT2D eigenvalue weighted by Gasteiger charge is 2.17. The van der Waals surface area contributed by atoms with Crippen LogP contribution in [0.5, 0.6) is 0 Å². The minimum absolute atomic E-state index is 0.0966. The van der Waals surface area contributed by atoms with Crippen molar-refractivity contribution in [1.29, 1.82) is 0 Å². The maximum Gasteiger partial charge on any atom is 0.341 e. The zero-order chi connectivity index (χ0) is 9.56. The van der Waals surface area contributed by atoms with Crippen molar-refractivity contribution in [2.45, 2.75) is 18.9 Å². The number of hydrogen-bond donors (Lipinski definition) is 3. The van der Waals surface area contributed by atoms with E-state index in [0.717, 1.165) is 0 Å². The lowest BCUT2D eigenvalue weighted by molar-refractivity contribution is -0.147. The zero-order valence-corrected chi connectivity index (χ0v) is 6.74. The van der Waals surface area contributed by atoms with Crippen molar-refractivity contribution in [3.8, 4) is 0 Å². The molecule has 0 heterocycles. The number of carboxylic acid groups (broad SMARTS) is 1. The molecule has 0 saturated carbocycles. The lowest BCUT2D eigenvalue weighted by Crippen LogP contribution is -2.37. The number of rotatable bonds is 5. The van der Waals surface area contributed by atoms with Gasteiger partial charge in [-0.05, 0) is 13.5 Å². The lowest BCUT2D eigenvalue weighted by atomic mass is 10.1. The van der Waals surface area contributed by atoms with Gasteiger partial charge in [0.25, 0.3) is 0 Å². The number of carbonyl (C=O) groups is 2. The number of nitrogens with two attached hydrogens (primary N) is 1. The molecular weight excluding hydrogens is 164 g/mol. The highest BCUT2D eigenvalue weighted by molar-refractivity contribution is 5.76. The Kier molecular flexibility index (Phi) is 4.98. The van der Waals surface area contributed by atoms with Crippen LogP contribution < -0.4 is 11.2 Å². The molecule has 0 fully saturated rings. The zero-order valence-electron chi connectivity index (χ0n) is 6.74. The summed E-state index contributed by atoms with van der Waals surface area (Å²) in [5.74, 6) is 3.01. The average molecular weight is 176 g/mol. The van der Waals surface area contributed by atoms with Gasteiger partial charge >= 0.3 is 11.9 Å². The summed E-state index contributed by atoms with van der Waals surface area (Å²) < 4.78 is 0. The van der Waals surface area contributed by atoms with Crippen LogP contribution in [0.1, 0.15) is 12.8 Å². The second kappa shape index (κ2) is 5.50. The second-order valence-corrected chi connectivity index (χ2v) is 2.21. The van der Waals surface area contributed by atoms with Gasteiger partial charge in [0.2, 0.25) is 0 Å². The van der Waals surface area contributed by atoms with Gasteiger partial charge < -0.3 is 15.3 Å². The maximum absolute atomic E-state index is 10.8. The molecule has 6 heteroatoms. The summed E-state index contributed by atoms with van der Waals surface area (Å²) in [4.78, 5) is 24.8. The molecule has 0 aliphatic rings. The third-order valence-corrected chi connectivity index (χ3v) is 1.40. The van der Waals surface area contributed by atoms with Gasteiger partial charge in [-0.25, -0.2) is 4.79 Å². The van der Waals surface area contributed by atoms with Crippen molar-refractivity contribution in [3.05, 3.63) is 0 Å². The Bertz CT molecular complexity index is 171. The third-order valence-electron chi connectivity index (χ3n) is 1.40. The average Bonchev–Trinajstić information content (AvgIpc) is 2.04. The summed E-state index contributed by atoms with van der Waals surface area (Å²) in [5, 5.41) is 10.9. The number of nitrogens with one attached hydrogen (secondary N) is 1. The number of carbonyl (C=O) groups excluding carboxylic acids is 1. The predicted octanol–water partition coefficient (Wildman–Crippen LogP) is -1.14. The van der Waals surface area contributed by atoms with Gasteiger partial charge in [-0.3, -0.25) is 4.79 Å². The van der Waals surface area contributed by atoms with Gasteiger partial charge in [0, 0.05) is 6.42 Å². The minimum atomic E-state index is -0.958. The Balaban J connectivity index is 3.83. The number of likely N-dealkylation sites (N-methyl/N-ethyl adjacent to an activating group) is 1. The van der Waals surface area contributed by atoms with Crippen LogP contribution in [0.4, 0.5) is 0 Å². The standard InChI is InChI=1S/C6H12N2O4/c1-8-4(6(11)12-7)2-3-5(9)10/h4,8H,2-3,7H2,1H3,(H,9,10). The summed E-state index contributed by atoms with van der Waals surface area (Å²) >= 11 is 0. The normalized spacial score (nSPS) is 12.2. The fourth-order valence-corrected chi connectivity index (χ4v) is 0.730. The Morgan fingerprint density at radius 3 is 2.58 bits per heavy atom. The van der Waals surface area contributed by atoms with E-state index in [1.54, 1.807) is 0 Å². The first-order valence-corrected chi connectivity index (χ1v) is 3.41. The van der Waals surface area contributed by atoms with Crippen LogP contribution >= 0.6 is 0 Å². The minimum Gasteiger partial charge on any atom is -0.481 e. The van der Waals surface area contributed by atoms with Gasteiger partial charge in [-0.15, -0.1) is 0 Å². The molecule has 4 N–H and O–H groups in total. The first kappa shape index (κ1) is 10.9. The van der Waals surface area contributed by atoms with Gasteiger partial charge in [0.15, 0.2) is 0 Å². The monoisotopic (exact) mass is 176 g/mol. The van der Waals surface area contributed by atoms with E-state index in [4.69, 9.17) is 5.11 Å². The Morgan fingerprint density at radius 2 is 2.25 bits per heavy atom. The molecule has 0 aromatic heterocycles. The van der Waals surface area contributed by atoms with Crippen molar-refractivity contribution < 1.29 is 19.5 Å². The summed E-state index contributed by atoms with van der Waals surface area (Å²) in [6.45, 7) is 0. The number of carboxylic acids is 1. The van der Waals surface area contributed by atoms with E-state index in [-0.39, 0.29) is 12.8 Å². The first-order chi connectivity index (χ1) is 5.61. The third kappa shape index (κ3) is 3.89. The molecule has 70 valence electrons. The predicted molar refractivity (Wildman–Crippen MR) is 40.0 cm³/mol. The smallest absolute Gasteiger partial charge is 0.341 e. The summed E-state index contributed by atoms with van der Waals surface area (Å²) in [5.41, 5.74) is 0. The van der Waals surface area contributed by atoms with Crippen LogP contribution in [0.25, 0.3) is 0 Å². The van der Waals surface area contributed by atoms with Crippen molar-refractivity contribution in [1.82, 2.24) is 5.32 Å². The molecule has 0 saturated heterocycles. The molecule has 0 aliphatic carbocycles. The van der Waals surface area contributed by atoms with E-state index >= 15 is 0 Å². The van der Waals surface area contributed by atoms with Gasteiger partial charge in [0.1, 0.15) is 6.04 Å². The lowest BCUT2D eigenvalue weighted by Gasteiger charge is -2.10. The Morgan fingerprint density at radius 1 is 1.67 bits per heavy atom. The van der Waals surface area contributed by atoms with Crippen LogP contribution in [0.3, 0.4) is 0 Å². The highest BCUT2D eigenvalue weighted by Crippen LogP contribution is 1.97. The van der Waals surface area contributed by atoms with E-state index in [1.807, 2.05) is 0 Å². The maximum atomic E-state index is 10.8. The van der Waals surface area contributed by atoms with Crippen molar-refractivity contribution in [2.75, 3.05) is 7.05 Å². The van der Waals surface area contributed by atoms with Crippen molar-refractivity contribution in [2.24, 2.45) is 5.90 Å². The molecular formula is C6H12N2O4. The fourth-order valence-electron chi connectivity index (χ4n) is 0.730. The number of hydrogen-bond acceptors (Lipinski definition) is 5. The van der Waals surface area contributed by atoms with Gasteiger partial charge in [-0.1, -0.05) is 0 Å². The van der Waals surface area contributed by atoms with Crippen LogP contribution in [0.2, 0.25) is 0 Å². The summed E-state index contributed by atoms with van der Waals surface area (Å²) in [6, 6.07) is -0.647. The quantitative estimate of drug-likeness (QED) is 0.457. The molecule has 1 atom stereocenters. The topological polar surface area (TPSA) is 102 Å². The molecule has 0 aromatic rings. The molecule has 0 bridgehead atoms. The highest BCUT2D eigenvalue weighted by atomic mass is 16.7. The van der Waals surface area contributed by atoms with E-state index in [9.17, 15) is 9.59 Å². The first-order valence-electron chi connectivity index (χ1n) is 3.41. The largest absolute Gasteiger partial charge is 0.481 e. The van der Waals surface area contributed by atoms with Crippen molar-refractivity contribution in [3.63, 3.8) is 0 Å². The molecule has 6 nitrogen and oxygen atoms in total. The van der Waals surface area contributed by atoms with Crippen LogP contribution in [0, 0.1) is 0 Å². The molecule has 1 unspecified atom stereocenters. The second-order valence-electron chi connectivity index (χ2n) is 2.21. The number of aliphatic carboxylic acids is 1. The molecule has 0 aliphatic heterocycles. The van der Waals surface area contributed by atoms with E-state index < -0.39 is 18.0 Å². The van der Waals surface area contributed by atoms with Gasteiger partial charge in [-0.2, -0.15) is 5.90 Å². The summed E-state index contributed by atoms with van der Waals surface area (Å²) in [7, 11) is 1.53. The van der Waals surface area contributed by atoms with E-state index in [1.165, 1.54) is 7.05 Å². The molecule has 0 rings (SSSR count). The summed E-state index contributed by atoms with van der Waals surface area (Å²) in [6.07, 6.45) is 0.0719. The fraction of sp³-hybridized carbons (Fsp3) is 0.667. The van der Waals surface area contributed by atoms with Crippen LogP contribution in [-0.2, 0) is 14.4 Å². The van der Waals surface area contributed by atoms with Crippen LogP contribution in [0.15, 0.2) is 0 Å². The molecule has 0 amide bonds. The Labute approximate surface area is 69.6 Å². The van der Waals surface area contributed by atoms with Crippen molar-refractivity contribution >= 4 is 11.9 Å². The van der Waals surface area contributed by atoms with Crippen LogP contribution in [-0.4, -0.2) is 30.1 Å². The molecule has 0 spiro atoms. The molecule has 0 aromatic carbocycles. The Hall–Kier alpha value is -1.14. The van der Waals surface area contributed by atoms with E-state index in [2.05, 4.69) is 16.1 Å².